The van der Waals surface area contributed by atoms with E-state index in [1.807, 2.05) is 32.2 Å². The van der Waals surface area contributed by atoms with Crippen molar-refractivity contribution in [2.45, 2.75) is 23.6 Å². The number of pyridine rings is 1. The molecule has 0 spiro atoms. The van der Waals surface area contributed by atoms with Crippen LogP contribution in [0.1, 0.15) is 21.5 Å². The normalized spacial score (nSPS) is 11.7. The molecule has 0 aliphatic carbocycles. The van der Waals surface area contributed by atoms with Gasteiger partial charge < -0.3 is 11.1 Å². The Hall–Kier alpha value is -4.24. The highest BCUT2D eigenvalue weighted by Crippen LogP contribution is 2.34. The maximum atomic E-state index is 13.4. The van der Waals surface area contributed by atoms with Crippen molar-refractivity contribution in [3.05, 3.63) is 83.7 Å². The quantitative estimate of drug-likeness (QED) is 0.380. The number of benzene rings is 3. The van der Waals surface area contributed by atoms with E-state index in [4.69, 9.17) is 5.73 Å². The molecule has 3 aromatic carbocycles. The molecule has 5 rings (SSSR count). The van der Waals surface area contributed by atoms with Crippen LogP contribution in [0.5, 0.6) is 0 Å². The molecule has 35 heavy (non-hydrogen) atoms. The lowest BCUT2D eigenvalue weighted by Crippen LogP contribution is -2.14. The van der Waals surface area contributed by atoms with Crippen molar-refractivity contribution in [3.63, 3.8) is 0 Å². The Morgan fingerprint density at radius 1 is 0.971 bits per heavy atom. The summed E-state index contributed by atoms with van der Waals surface area (Å²) < 4.78 is 28.6. The van der Waals surface area contributed by atoms with Gasteiger partial charge in [-0.2, -0.15) is 5.10 Å². The summed E-state index contributed by atoms with van der Waals surface area (Å²) >= 11 is 0. The van der Waals surface area contributed by atoms with Gasteiger partial charge in [-0.3, -0.25) is 14.5 Å². The van der Waals surface area contributed by atoms with E-state index in [2.05, 4.69) is 15.4 Å². The van der Waals surface area contributed by atoms with E-state index in [1.54, 1.807) is 54.2 Å². The Morgan fingerprint density at radius 3 is 2.43 bits per heavy atom. The van der Waals surface area contributed by atoms with Crippen molar-refractivity contribution in [3.8, 4) is 0 Å². The van der Waals surface area contributed by atoms with Gasteiger partial charge in [0.05, 0.1) is 38.3 Å². The van der Waals surface area contributed by atoms with E-state index in [9.17, 15) is 13.2 Å². The fourth-order valence-electron chi connectivity index (χ4n) is 4.14. The Balaban J connectivity index is 1.72. The van der Waals surface area contributed by atoms with Crippen LogP contribution >= 0.6 is 0 Å². The second-order valence-electron chi connectivity index (χ2n) is 8.53. The molecule has 0 bridgehead atoms. The fourth-order valence-corrected chi connectivity index (χ4v) is 5.51. The number of carbonyl (C=O) groups excluding carboxylic acids is 1. The number of nitrogens with one attached hydrogen (secondary N) is 1. The van der Waals surface area contributed by atoms with Gasteiger partial charge in [0.1, 0.15) is 0 Å². The zero-order valence-electron chi connectivity index (χ0n) is 19.4. The highest BCUT2D eigenvalue weighted by Gasteiger charge is 2.22. The number of aromatic nitrogens is 3. The zero-order chi connectivity index (χ0) is 24.9. The standard InChI is InChI=1S/C26H23N5O3S/c1-15-4-8-19(9-5-15)35(33,34)20-10-16(2)24-21(12-20)25(22(14-28-24)26(27)32)30-18-7-6-17-13-29-31(3)23(17)11-18/h4-14H,1-3H3,(H2,27,32)(H,28,30). The van der Waals surface area contributed by atoms with Gasteiger partial charge in [-0.25, -0.2) is 8.42 Å². The average Bonchev–Trinajstić information content (AvgIpc) is 3.19. The fraction of sp³-hybridized carbons (Fsp3) is 0.115. The highest BCUT2D eigenvalue weighted by atomic mass is 32.2. The lowest BCUT2D eigenvalue weighted by atomic mass is 10.1. The molecule has 2 heterocycles. The Bertz CT molecular complexity index is 1740. The number of aryl methyl sites for hydroxylation is 3. The number of sulfone groups is 1. The van der Waals surface area contributed by atoms with Gasteiger partial charge in [0.25, 0.3) is 5.91 Å². The van der Waals surface area contributed by atoms with Crippen LogP contribution in [-0.4, -0.2) is 29.1 Å². The number of anilines is 2. The number of nitrogens with zero attached hydrogens (tertiary/aromatic N) is 3. The number of hydrogen-bond donors (Lipinski definition) is 2. The minimum Gasteiger partial charge on any atom is -0.365 e. The van der Waals surface area contributed by atoms with Gasteiger partial charge in [0, 0.05) is 29.7 Å². The maximum absolute atomic E-state index is 13.4. The molecule has 0 atom stereocenters. The largest absolute Gasteiger partial charge is 0.365 e. The van der Waals surface area contributed by atoms with Crippen molar-refractivity contribution in [2.24, 2.45) is 12.8 Å². The third-order valence-electron chi connectivity index (χ3n) is 6.06. The van der Waals surface area contributed by atoms with E-state index < -0.39 is 15.7 Å². The van der Waals surface area contributed by atoms with Gasteiger partial charge in [0.2, 0.25) is 9.84 Å². The van der Waals surface area contributed by atoms with Gasteiger partial charge in [-0.05, 0) is 61.9 Å². The summed E-state index contributed by atoms with van der Waals surface area (Å²) in [5, 5.41) is 9.00. The molecule has 3 N–H and O–H groups in total. The molecule has 0 unspecified atom stereocenters. The third kappa shape index (κ3) is 3.89. The lowest BCUT2D eigenvalue weighted by molar-refractivity contribution is 0.100. The molecule has 9 heteroatoms. The molecule has 0 aliphatic rings. The van der Waals surface area contributed by atoms with Gasteiger partial charge in [-0.1, -0.05) is 17.7 Å². The van der Waals surface area contributed by atoms with Crippen LogP contribution < -0.4 is 11.1 Å². The molecule has 0 fully saturated rings. The second-order valence-corrected chi connectivity index (χ2v) is 10.5. The molecular weight excluding hydrogens is 462 g/mol. The average molecular weight is 486 g/mol. The summed E-state index contributed by atoms with van der Waals surface area (Å²) in [6.45, 7) is 3.69. The van der Waals surface area contributed by atoms with Crippen LogP contribution in [0.15, 0.2) is 76.8 Å². The molecule has 0 saturated carbocycles. The van der Waals surface area contributed by atoms with E-state index in [0.29, 0.717) is 27.8 Å². The summed E-state index contributed by atoms with van der Waals surface area (Å²) in [5.41, 5.74) is 10.0. The van der Waals surface area contributed by atoms with Crippen molar-refractivity contribution >= 4 is 48.9 Å². The molecule has 0 radical (unpaired) electrons. The maximum Gasteiger partial charge on any atom is 0.252 e. The van der Waals surface area contributed by atoms with E-state index >= 15 is 0 Å². The Morgan fingerprint density at radius 2 is 1.71 bits per heavy atom. The lowest BCUT2D eigenvalue weighted by Gasteiger charge is -2.16. The molecule has 8 nitrogen and oxygen atoms in total. The topological polar surface area (TPSA) is 120 Å². The van der Waals surface area contributed by atoms with Crippen LogP contribution in [0.25, 0.3) is 21.8 Å². The van der Waals surface area contributed by atoms with Crippen LogP contribution in [0.4, 0.5) is 11.4 Å². The predicted octanol–water partition coefficient (Wildman–Crippen LogP) is 4.41. The molecule has 2 aromatic heterocycles. The van der Waals surface area contributed by atoms with Crippen LogP contribution in [0, 0.1) is 13.8 Å². The monoisotopic (exact) mass is 485 g/mol. The predicted molar refractivity (Wildman–Crippen MR) is 136 cm³/mol. The summed E-state index contributed by atoms with van der Waals surface area (Å²) in [4.78, 5) is 17.0. The first-order valence-corrected chi connectivity index (χ1v) is 12.4. The van der Waals surface area contributed by atoms with E-state index in [-0.39, 0.29) is 15.4 Å². The molecule has 1 amide bonds. The summed E-state index contributed by atoms with van der Waals surface area (Å²) in [6.07, 6.45) is 3.18. The van der Waals surface area contributed by atoms with Crippen molar-refractivity contribution < 1.29 is 13.2 Å². The first kappa shape index (κ1) is 22.5. The van der Waals surface area contributed by atoms with Crippen molar-refractivity contribution in [1.29, 1.82) is 0 Å². The van der Waals surface area contributed by atoms with E-state index in [0.717, 1.165) is 16.5 Å². The number of amides is 1. The summed E-state index contributed by atoms with van der Waals surface area (Å²) in [5.74, 6) is -0.673. The number of primary amides is 1. The molecule has 0 aliphatic heterocycles. The molecule has 0 saturated heterocycles. The Labute approximate surface area is 202 Å². The van der Waals surface area contributed by atoms with Crippen LogP contribution in [0.3, 0.4) is 0 Å². The minimum atomic E-state index is -3.80. The number of rotatable bonds is 5. The smallest absolute Gasteiger partial charge is 0.252 e. The number of carbonyl (C=O) groups is 1. The zero-order valence-corrected chi connectivity index (χ0v) is 20.2. The number of hydrogen-bond acceptors (Lipinski definition) is 6. The first-order valence-electron chi connectivity index (χ1n) is 10.9. The second kappa shape index (κ2) is 8.21. The van der Waals surface area contributed by atoms with Crippen molar-refractivity contribution in [1.82, 2.24) is 14.8 Å². The molecular formula is C26H23N5O3S. The van der Waals surface area contributed by atoms with Crippen LogP contribution in [-0.2, 0) is 16.9 Å². The third-order valence-corrected chi connectivity index (χ3v) is 7.81. The highest BCUT2D eigenvalue weighted by molar-refractivity contribution is 7.91. The van der Waals surface area contributed by atoms with Gasteiger partial charge in [-0.15, -0.1) is 0 Å². The SMILES string of the molecule is Cc1ccc(S(=O)(=O)c2cc(C)c3ncc(C(N)=O)c(Nc4ccc5cnn(C)c5c4)c3c2)cc1. The number of fused-ring (bicyclic) bond motifs is 2. The van der Waals surface area contributed by atoms with Gasteiger partial charge >= 0.3 is 0 Å². The van der Waals surface area contributed by atoms with E-state index in [1.165, 1.54) is 6.20 Å². The Kier molecular flexibility index (Phi) is 5.29. The first-order chi connectivity index (χ1) is 16.6. The summed E-state index contributed by atoms with van der Waals surface area (Å²) in [7, 11) is -1.96. The van der Waals surface area contributed by atoms with Crippen LogP contribution in [0.2, 0.25) is 0 Å². The molecule has 176 valence electrons. The summed E-state index contributed by atoms with van der Waals surface area (Å²) in [6, 6.07) is 15.5. The van der Waals surface area contributed by atoms with Gasteiger partial charge in [0.15, 0.2) is 0 Å². The van der Waals surface area contributed by atoms with Crippen molar-refractivity contribution in [2.75, 3.05) is 5.32 Å². The molecule has 5 aromatic rings. The minimum absolute atomic E-state index is 0.111. The number of nitrogens with two attached hydrogens (primary N) is 1.